The number of epoxide rings is 1. The predicted molar refractivity (Wildman–Crippen MR) is 77.6 cm³/mol. The molecule has 124 valence electrons. The molecule has 8 unspecified atom stereocenters. The van der Waals surface area contributed by atoms with E-state index in [0.717, 1.165) is 6.42 Å². The lowest BCUT2D eigenvalue weighted by molar-refractivity contribution is -0.190. The van der Waals surface area contributed by atoms with Gasteiger partial charge in [0.1, 0.15) is 18.6 Å². The van der Waals surface area contributed by atoms with Crippen molar-refractivity contribution < 1.29 is 24.4 Å². The second-order valence-electron chi connectivity index (χ2n) is 6.22. The maximum Gasteiger partial charge on any atom is 0.138 e. The molecule has 2 aliphatic rings. The zero-order valence-corrected chi connectivity index (χ0v) is 13.4. The van der Waals surface area contributed by atoms with E-state index in [0.29, 0.717) is 5.92 Å². The maximum atomic E-state index is 10.5. The average Bonchev–Trinajstić information content (AvgIpc) is 3.24. The van der Waals surface area contributed by atoms with E-state index in [2.05, 4.69) is 19.2 Å². The van der Waals surface area contributed by atoms with Crippen molar-refractivity contribution >= 4 is 0 Å². The number of aliphatic hydroxyl groups excluding tert-OH is 2. The minimum absolute atomic E-state index is 0.115. The third-order valence-corrected chi connectivity index (χ3v) is 4.77. The van der Waals surface area contributed by atoms with E-state index >= 15 is 0 Å². The van der Waals surface area contributed by atoms with Crippen molar-refractivity contribution in [2.45, 2.75) is 70.0 Å². The summed E-state index contributed by atoms with van der Waals surface area (Å²) < 4.78 is 16.3. The van der Waals surface area contributed by atoms with Crippen molar-refractivity contribution in [2.75, 3.05) is 14.2 Å². The Kier molecular flexibility index (Phi) is 5.99. The minimum Gasteiger partial charge on any atom is -0.390 e. The lowest BCUT2D eigenvalue weighted by Crippen LogP contribution is -2.64. The molecule has 0 amide bonds. The van der Waals surface area contributed by atoms with Gasteiger partial charge in [-0.3, -0.25) is 5.32 Å². The van der Waals surface area contributed by atoms with Gasteiger partial charge in [0.05, 0.1) is 24.2 Å². The highest BCUT2D eigenvalue weighted by Crippen LogP contribution is 2.41. The van der Waals surface area contributed by atoms with E-state index in [9.17, 15) is 10.2 Å². The van der Waals surface area contributed by atoms with Gasteiger partial charge in [0.25, 0.3) is 0 Å². The van der Waals surface area contributed by atoms with Gasteiger partial charge in [-0.2, -0.15) is 0 Å². The summed E-state index contributed by atoms with van der Waals surface area (Å²) in [7, 11) is 3.05. The summed E-state index contributed by atoms with van der Waals surface area (Å²) >= 11 is 0. The molecule has 8 atom stereocenters. The minimum atomic E-state index is -0.857. The van der Waals surface area contributed by atoms with Crippen LogP contribution >= 0.6 is 0 Å². The van der Waals surface area contributed by atoms with Gasteiger partial charge >= 0.3 is 0 Å². The number of unbranched alkanes of at least 4 members (excludes halogenated alkanes) is 1. The number of nitrogens with one attached hydrogen (secondary N) is 1. The summed E-state index contributed by atoms with van der Waals surface area (Å²) in [6, 6.07) is 0. The Morgan fingerprint density at radius 1 is 1.24 bits per heavy atom. The van der Waals surface area contributed by atoms with Crippen LogP contribution in [-0.2, 0) is 14.2 Å². The largest absolute Gasteiger partial charge is 0.390 e. The molecule has 2 rings (SSSR count). The molecule has 0 radical (unpaired) electrons. The van der Waals surface area contributed by atoms with Crippen LogP contribution in [0, 0.1) is 11.8 Å². The fraction of sp³-hybridized carbons (Fsp3) is 1.00. The molecule has 2 heterocycles. The first-order valence-electron chi connectivity index (χ1n) is 7.88. The number of ether oxygens (including phenoxy) is 3. The summed E-state index contributed by atoms with van der Waals surface area (Å²) in [5.74, 6) is 0.0471. The average molecular weight is 303 g/mol. The fourth-order valence-corrected chi connectivity index (χ4v) is 3.39. The number of aliphatic hydroxyl groups is 2. The van der Waals surface area contributed by atoms with Crippen LogP contribution < -0.4 is 5.32 Å². The van der Waals surface area contributed by atoms with E-state index in [4.69, 9.17) is 14.2 Å². The number of rotatable bonds is 7. The van der Waals surface area contributed by atoms with Crippen LogP contribution in [0.25, 0.3) is 0 Å². The third kappa shape index (κ3) is 3.57. The first-order valence-corrected chi connectivity index (χ1v) is 7.88. The van der Waals surface area contributed by atoms with Crippen molar-refractivity contribution in [2.24, 2.45) is 11.8 Å². The van der Waals surface area contributed by atoms with E-state index in [-0.39, 0.29) is 12.2 Å². The van der Waals surface area contributed by atoms with E-state index < -0.39 is 30.6 Å². The van der Waals surface area contributed by atoms with Crippen LogP contribution in [0.4, 0.5) is 0 Å². The Labute approximate surface area is 126 Å². The zero-order valence-electron chi connectivity index (χ0n) is 13.4. The van der Waals surface area contributed by atoms with Crippen molar-refractivity contribution in [3.05, 3.63) is 0 Å². The topological polar surface area (TPSA) is 83.5 Å². The van der Waals surface area contributed by atoms with Crippen molar-refractivity contribution in [3.63, 3.8) is 0 Å². The second kappa shape index (κ2) is 7.35. The Balaban J connectivity index is 1.97. The van der Waals surface area contributed by atoms with Gasteiger partial charge in [-0.05, 0) is 12.3 Å². The van der Waals surface area contributed by atoms with Gasteiger partial charge < -0.3 is 24.4 Å². The fourth-order valence-electron chi connectivity index (χ4n) is 3.39. The Bertz CT molecular complexity index is 329. The smallest absolute Gasteiger partial charge is 0.138 e. The monoisotopic (exact) mass is 303 g/mol. The number of methoxy groups -OCH3 is 2. The Morgan fingerprint density at radius 3 is 2.52 bits per heavy atom. The summed E-state index contributed by atoms with van der Waals surface area (Å²) in [4.78, 5) is 0. The van der Waals surface area contributed by atoms with Crippen LogP contribution in [0.3, 0.4) is 0 Å². The molecule has 2 fully saturated rings. The van der Waals surface area contributed by atoms with Crippen molar-refractivity contribution in [1.29, 1.82) is 0 Å². The molecular formula is C15H29NO5. The number of hydrogen-bond acceptors (Lipinski definition) is 6. The molecule has 2 aliphatic heterocycles. The van der Waals surface area contributed by atoms with Crippen LogP contribution in [0.2, 0.25) is 0 Å². The molecule has 2 saturated heterocycles. The Morgan fingerprint density at radius 2 is 1.95 bits per heavy atom. The standard InChI is InChI=1S/C15H29NO5/c1-5-6-7-8(2)11-12(21-11)9-10(17)13(19-3)15(20-4)16-14(9)18/h8-18H,5-7H2,1-4H3. The highest BCUT2D eigenvalue weighted by atomic mass is 16.6. The Hall–Kier alpha value is -0.240. The molecule has 0 bridgehead atoms. The lowest BCUT2D eigenvalue weighted by Gasteiger charge is -2.42. The van der Waals surface area contributed by atoms with Crippen LogP contribution in [-0.4, -0.2) is 61.3 Å². The summed E-state index contributed by atoms with van der Waals surface area (Å²) in [5.41, 5.74) is 0. The first kappa shape index (κ1) is 17.1. The zero-order chi connectivity index (χ0) is 15.6. The normalized spacial score (nSPS) is 44.6. The summed E-state index contributed by atoms with van der Waals surface area (Å²) in [5, 5.41) is 23.7. The van der Waals surface area contributed by atoms with Gasteiger partial charge in [-0.25, -0.2) is 0 Å². The molecule has 0 aromatic heterocycles. The molecule has 0 spiro atoms. The summed E-state index contributed by atoms with van der Waals surface area (Å²) in [6.07, 6.45) is 0.736. The molecule has 0 aromatic rings. The molecular weight excluding hydrogens is 274 g/mol. The van der Waals surface area contributed by atoms with Crippen molar-refractivity contribution in [3.8, 4) is 0 Å². The van der Waals surface area contributed by atoms with E-state index in [1.54, 1.807) is 0 Å². The van der Waals surface area contributed by atoms with Crippen molar-refractivity contribution in [1.82, 2.24) is 5.32 Å². The second-order valence-corrected chi connectivity index (χ2v) is 6.22. The predicted octanol–water partition coefficient (Wildman–Crippen LogP) is 0.466. The van der Waals surface area contributed by atoms with Gasteiger partial charge in [-0.15, -0.1) is 0 Å². The highest BCUT2D eigenvalue weighted by molar-refractivity contribution is 5.03. The first-order chi connectivity index (χ1) is 10.0. The third-order valence-electron chi connectivity index (χ3n) is 4.77. The van der Waals surface area contributed by atoms with Gasteiger partial charge in [0.15, 0.2) is 0 Å². The van der Waals surface area contributed by atoms with Gasteiger partial charge in [0.2, 0.25) is 0 Å². The van der Waals surface area contributed by atoms with E-state index in [1.807, 2.05) is 0 Å². The molecule has 21 heavy (non-hydrogen) atoms. The molecule has 6 nitrogen and oxygen atoms in total. The molecule has 6 heteroatoms. The maximum absolute atomic E-state index is 10.5. The van der Waals surface area contributed by atoms with Crippen LogP contribution in [0.5, 0.6) is 0 Å². The van der Waals surface area contributed by atoms with Crippen LogP contribution in [0.1, 0.15) is 33.1 Å². The summed E-state index contributed by atoms with van der Waals surface area (Å²) in [6.45, 7) is 4.34. The molecule has 3 N–H and O–H groups in total. The van der Waals surface area contributed by atoms with Crippen LogP contribution in [0.15, 0.2) is 0 Å². The van der Waals surface area contributed by atoms with Gasteiger partial charge in [-0.1, -0.05) is 26.7 Å². The molecule has 0 saturated carbocycles. The SMILES string of the molecule is CCCCC(C)C1OC1C1C(O)NC(OC)C(OC)C1O. The molecule has 0 aliphatic carbocycles. The number of hydrogen-bond donors (Lipinski definition) is 3. The van der Waals surface area contributed by atoms with E-state index in [1.165, 1.54) is 27.1 Å². The number of piperidine rings is 1. The van der Waals surface area contributed by atoms with Gasteiger partial charge in [0, 0.05) is 14.2 Å². The molecule has 0 aromatic carbocycles. The quantitative estimate of drug-likeness (QED) is 0.593. The highest BCUT2D eigenvalue weighted by Gasteiger charge is 2.57. The lowest BCUT2D eigenvalue weighted by atomic mass is 9.84.